The van der Waals surface area contributed by atoms with Gasteiger partial charge in [-0.05, 0) is 57.0 Å². The van der Waals surface area contributed by atoms with Crippen LogP contribution in [0.25, 0.3) is 10.9 Å². The Bertz CT molecular complexity index is 1430. The molecule has 2 aromatic heterocycles. The molecule has 3 heterocycles. The summed E-state index contributed by atoms with van der Waals surface area (Å²) >= 11 is 0. The number of aliphatic hydroxyl groups excluding tert-OH is 1. The number of ether oxygens (including phenoxy) is 1. The number of hydrogen-bond donors (Lipinski definition) is 4. The van der Waals surface area contributed by atoms with Crippen LogP contribution in [0.1, 0.15) is 36.6 Å². The third-order valence-electron chi connectivity index (χ3n) is 6.36. The van der Waals surface area contributed by atoms with Crippen LogP contribution in [-0.2, 0) is 27.3 Å². The topological polar surface area (TPSA) is 151 Å². The van der Waals surface area contributed by atoms with Crippen molar-refractivity contribution in [2.75, 3.05) is 6.54 Å². The molecule has 1 atom stereocenters. The number of H-pyrrole nitrogens is 1. The summed E-state index contributed by atoms with van der Waals surface area (Å²) in [7, 11) is 0. The molecule has 236 valence electrons. The fraction of sp³-hybridized carbons (Fsp3) is 0.290. The van der Waals surface area contributed by atoms with Crippen molar-refractivity contribution in [3.05, 3.63) is 89.6 Å². The van der Waals surface area contributed by atoms with Crippen LogP contribution >= 0.6 is 0 Å². The Morgan fingerprint density at radius 1 is 1.23 bits per heavy atom. The lowest BCUT2D eigenvalue weighted by Crippen LogP contribution is -2.34. The fourth-order valence-corrected chi connectivity index (χ4v) is 4.35. The smallest absolute Gasteiger partial charge is 0.342 e. The molecule has 0 aliphatic carbocycles. The van der Waals surface area contributed by atoms with Gasteiger partial charge >= 0.3 is 6.61 Å². The number of hydrogen-bond acceptors (Lipinski definition) is 6. The van der Waals surface area contributed by atoms with Crippen molar-refractivity contribution < 1.29 is 37.4 Å². The lowest BCUT2D eigenvalue weighted by molar-refractivity contribution is -0.131. The number of benzene rings is 2. The van der Waals surface area contributed by atoms with Crippen LogP contribution in [0, 0.1) is 12.7 Å². The number of aliphatic hydroxyl groups is 1. The Morgan fingerprint density at radius 3 is 2.50 bits per heavy atom. The summed E-state index contributed by atoms with van der Waals surface area (Å²) < 4.78 is 40.1. The Balaban J connectivity index is 0.000000281. The highest BCUT2D eigenvalue weighted by Gasteiger charge is 2.26. The maximum Gasteiger partial charge on any atom is 0.342 e. The minimum Gasteiger partial charge on any atom is -0.454 e. The highest BCUT2D eigenvalue weighted by Crippen LogP contribution is 2.28. The van der Waals surface area contributed by atoms with Gasteiger partial charge in [-0.25, -0.2) is 4.39 Å². The van der Waals surface area contributed by atoms with Gasteiger partial charge in [-0.15, -0.1) is 0 Å². The van der Waals surface area contributed by atoms with E-state index < -0.39 is 12.4 Å². The first-order chi connectivity index (χ1) is 21.1. The van der Waals surface area contributed by atoms with Crippen molar-refractivity contribution in [1.82, 2.24) is 20.2 Å². The molecule has 0 spiro atoms. The number of likely N-dealkylation sites (tertiary alicyclic amines) is 1. The Hall–Kier alpha value is -4.91. The molecule has 2 aromatic carbocycles. The maximum atomic E-state index is 14.7. The van der Waals surface area contributed by atoms with Gasteiger partial charge in [-0.1, -0.05) is 29.8 Å². The van der Waals surface area contributed by atoms with Crippen molar-refractivity contribution in [3.8, 4) is 11.5 Å². The quantitative estimate of drug-likeness (QED) is 0.223. The number of alkyl halides is 2. The van der Waals surface area contributed by atoms with Gasteiger partial charge in [-0.2, -0.15) is 8.78 Å². The standard InChI is InChI=1S/C20H22FNO2.C9H9N3O.CH2F2O.CH3NO/c1-14-8-10-17(11-9-14)24-18-7-3-6-16(20(18)21)13-19(23)22-12-4-5-15(22)2;13-6-11-5-8-3-7-4-10-2-1-9(7)12-8;2-1(3)4;2-1-3/h3,6-11,15H,4-5,12-13H2,1-2H3;1-4,6,12H,5H2,(H,11,13);1,4H;1H,(H2,2,3). The van der Waals surface area contributed by atoms with E-state index in [1.54, 1.807) is 42.7 Å². The molecular formula is C31H36F3N5O5. The molecule has 10 nitrogen and oxygen atoms in total. The monoisotopic (exact) mass is 615 g/mol. The molecule has 5 rings (SSSR count). The number of amides is 3. The van der Waals surface area contributed by atoms with Gasteiger partial charge < -0.3 is 30.8 Å². The predicted molar refractivity (Wildman–Crippen MR) is 159 cm³/mol. The number of carbonyl (C=O) groups is 3. The number of halogens is 3. The number of pyridine rings is 1. The first-order valence-corrected chi connectivity index (χ1v) is 13.6. The predicted octanol–water partition coefficient (Wildman–Crippen LogP) is 4.59. The number of nitrogens with one attached hydrogen (secondary N) is 2. The molecule has 3 amide bonds. The first-order valence-electron chi connectivity index (χ1n) is 13.6. The molecule has 4 aromatic rings. The minimum absolute atomic E-state index is 0.0219. The van der Waals surface area contributed by atoms with E-state index in [1.165, 1.54) is 0 Å². The molecule has 1 aliphatic heterocycles. The fourth-order valence-electron chi connectivity index (χ4n) is 4.35. The van der Waals surface area contributed by atoms with E-state index in [4.69, 9.17) is 14.6 Å². The summed E-state index contributed by atoms with van der Waals surface area (Å²) in [6.07, 6.45) is 6.56. The number of nitrogens with zero attached hydrogens (tertiary/aromatic N) is 2. The number of rotatable bonds is 7. The molecule has 0 bridgehead atoms. The van der Waals surface area contributed by atoms with Crippen LogP contribution in [0.3, 0.4) is 0 Å². The van der Waals surface area contributed by atoms with Crippen LogP contribution in [0.2, 0.25) is 0 Å². The van der Waals surface area contributed by atoms with Gasteiger partial charge in [0.2, 0.25) is 18.7 Å². The first kappa shape index (κ1) is 35.3. The van der Waals surface area contributed by atoms with Crippen LogP contribution in [0.15, 0.2) is 67.0 Å². The van der Waals surface area contributed by atoms with E-state index in [-0.39, 0.29) is 30.5 Å². The SMILES string of the molecule is Cc1ccc(Oc2cccc(CC(=O)N3CCCC3C)c2F)cc1.NC=O.O=CNCc1cc2cnccc2[nH]1.OC(F)F. The average molecular weight is 616 g/mol. The normalized spacial score (nSPS) is 13.4. The van der Waals surface area contributed by atoms with E-state index >= 15 is 0 Å². The Kier molecular flexibility index (Phi) is 14.9. The van der Waals surface area contributed by atoms with E-state index in [9.17, 15) is 22.8 Å². The van der Waals surface area contributed by atoms with E-state index in [0.29, 0.717) is 24.3 Å². The largest absolute Gasteiger partial charge is 0.454 e. The van der Waals surface area contributed by atoms with Gasteiger partial charge in [0.15, 0.2) is 11.6 Å². The molecule has 1 fully saturated rings. The Labute approximate surface area is 253 Å². The third kappa shape index (κ3) is 11.8. The number of primary amides is 1. The molecule has 44 heavy (non-hydrogen) atoms. The van der Waals surface area contributed by atoms with Crippen molar-refractivity contribution in [3.63, 3.8) is 0 Å². The minimum atomic E-state index is -3.17. The highest BCUT2D eigenvalue weighted by molar-refractivity contribution is 5.80. The molecule has 0 saturated carbocycles. The Morgan fingerprint density at radius 2 is 1.91 bits per heavy atom. The summed E-state index contributed by atoms with van der Waals surface area (Å²) in [5, 5.41) is 10.4. The van der Waals surface area contributed by atoms with E-state index in [1.807, 2.05) is 43.0 Å². The third-order valence-corrected chi connectivity index (χ3v) is 6.36. The van der Waals surface area contributed by atoms with Gasteiger partial charge in [0.1, 0.15) is 5.75 Å². The van der Waals surface area contributed by atoms with Crippen LogP contribution in [-0.4, -0.2) is 57.9 Å². The van der Waals surface area contributed by atoms with Crippen molar-refractivity contribution in [2.45, 2.75) is 52.3 Å². The number of fused-ring (bicyclic) bond motifs is 1. The number of aromatic amines is 1. The highest BCUT2D eigenvalue weighted by atomic mass is 19.3. The second-order valence-electron chi connectivity index (χ2n) is 9.57. The average Bonchev–Trinajstić information content (AvgIpc) is 3.61. The molecular weight excluding hydrogens is 579 g/mol. The van der Waals surface area contributed by atoms with Crippen LogP contribution < -0.4 is 15.8 Å². The molecule has 5 N–H and O–H groups in total. The molecule has 1 aliphatic rings. The number of aryl methyl sites for hydroxylation is 1. The second-order valence-corrected chi connectivity index (χ2v) is 9.57. The molecule has 1 unspecified atom stereocenters. The molecule has 13 heteroatoms. The number of nitrogens with two attached hydrogens (primary N) is 1. The zero-order chi connectivity index (χ0) is 32.5. The summed E-state index contributed by atoms with van der Waals surface area (Å²) in [6.45, 7) is 2.15. The summed E-state index contributed by atoms with van der Waals surface area (Å²) in [5.74, 6) is 0.249. The van der Waals surface area contributed by atoms with Gasteiger partial charge in [0.05, 0.1) is 13.0 Å². The van der Waals surface area contributed by atoms with Gasteiger partial charge in [-0.3, -0.25) is 19.4 Å². The summed E-state index contributed by atoms with van der Waals surface area (Å²) in [6, 6.07) is 16.5. The van der Waals surface area contributed by atoms with Gasteiger partial charge in [0, 0.05) is 47.1 Å². The zero-order valence-corrected chi connectivity index (χ0v) is 24.4. The van der Waals surface area contributed by atoms with Gasteiger partial charge in [0.25, 0.3) is 0 Å². The summed E-state index contributed by atoms with van der Waals surface area (Å²) in [4.78, 5) is 40.0. The summed E-state index contributed by atoms with van der Waals surface area (Å²) in [5.41, 5.74) is 7.68. The van der Waals surface area contributed by atoms with E-state index in [0.717, 1.165) is 41.5 Å². The van der Waals surface area contributed by atoms with Crippen molar-refractivity contribution in [2.24, 2.45) is 5.73 Å². The molecule has 1 saturated heterocycles. The second kappa shape index (κ2) is 18.6. The molecule has 0 radical (unpaired) electrons. The van der Waals surface area contributed by atoms with Crippen molar-refractivity contribution >= 4 is 29.6 Å². The lowest BCUT2D eigenvalue weighted by atomic mass is 10.1. The lowest BCUT2D eigenvalue weighted by Gasteiger charge is -2.21. The maximum absolute atomic E-state index is 14.7. The van der Waals surface area contributed by atoms with Crippen molar-refractivity contribution in [1.29, 1.82) is 0 Å². The van der Waals surface area contributed by atoms with Crippen LogP contribution in [0.4, 0.5) is 13.2 Å². The van der Waals surface area contributed by atoms with Crippen LogP contribution in [0.5, 0.6) is 11.5 Å². The zero-order valence-electron chi connectivity index (χ0n) is 24.4. The number of carbonyl (C=O) groups excluding carboxylic acids is 3. The number of aromatic nitrogens is 2. The van der Waals surface area contributed by atoms with E-state index in [2.05, 4.69) is 21.0 Å².